The minimum absolute atomic E-state index is 0.164. The van der Waals surface area contributed by atoms with Crippen molar-refractivity contribution >= 4 is 17.3 Å². The number of carbonyl (C=O) groups is 1. The maximum Gasteiger partial charge on any atom is 0.232 e. The number of fused-ring (bicyclic) bond motifs is 2. The van der Waals surface area contributed by atoms with E-state index in [1.54, 1.807) is 0 Å². The third-order valence-electron chi connectivity index (χ3n) is 4.23. The van der Waals surface area contributed by atoms with E-state index in [1.807, 2.05) is 13.0 Å². The van der Waals surface area contributed by atoms with Crippen molar-refractivity contribution in [2.45, 2.75) is 39.2 Å². The number of anilines is 2. The highest BCUT2D eigenvalue weighted by Gasteiger charge is 2.46. The Labute approximate surface area is 102 Å². The predicted octanol–water partition coefficient (Wildman–Crippen LogP) is 2.92. The van der Waals surface area contributed by atoms with E-state index >= 15 is 0 Å². The summed E-state index contributed by atoms with van der Waals surface area (Å²) in [6, 6.07) is 6.45. The average molecular weight is 230 g/mol. The van der Waals surface area contributed by atoms with Gasteiger partial charge in [0.25, 0.3) is 0 Å². The molecule has 0 saturated heterocycles. The van der Waals surface area contributed by atoms with Crippen molar-refractivity contribution in [1.82, 2.24) is 0 Å². The Morgan fingerprint density at radius 1 is 1.35 bits per heavy atom. The maximum atomic E-state index is 12.3. The first-order chi connectivity index (χ1) is 8.09. The summed E-state index contributed by atoms with van der Waals surface area (Å²) in [5.74, 6) is 0.164. The zero-order valence-corrected chi connectivity index (χ0v) is 10.3. The van der Waals surface area contributed by atoms with Gasteiger partial charge in [-0.15, -0.1) is 0 Å². The van der Waals surface area contributed by atoms with Crippen LogP contribution >= 0.6 is 0 Å². The molecule has 3 rings (SSSR count). The van der Waals surface area contributed by atoms with Crippen LogP contribution in [0.5, 0.6) is 0 Å². The van der Waals surface area contributed by atoms with E-state index in [0.717, 1.165) is 30.6 Å². The minimum Gasteiger partial charge on any atom is -0.380 e. The smallest absolute Gasteiger partial charge is 0.232 e. The number of benzene rings is 1. The molecule has 3 nitrogen and oxygen atoms in total. The van der Waals surface area contributed by atoms with Crippen LogP contribution < -0.4 is 10.6 Å². The van der Waals surface area contributed by atoms with Crippen LogP contribution in [0.3, 0.4) is 0 Å². The Balaban J connectivity index is 2.06. The molecule has 1 aromatic carbocycles. The van der Waals surface area contributed by atoms with Gasteiger partial charge in [-0.2, -0.15) is 0 Å². The zero-order chi connectivity index (χ0) is 12.0. The van der Waals surface area contributed by atoms with Crippen LogP contribution in [0.25, 0.3) is 0 Å². The summed E-state index contributed by atoms with van der Waals surface area (Å²) in [5.41, 5.74) is 2.89. The highest BCUT2D eigenvalue weighted by atomic mass is 16.2. The molecule has 2 aliphatic rings. The van der Waals surface area contributed by atoms with E-state index in [4.69, 9.17) is 0 Å². The van der Waals surface area contributed by atoms with Crippen molar-refractivity contribution in [3.8, 4) is 0 Å². The molecular formula is C14H18N2O. The van der Waals surface area contributed by atoms with Crippen molar-refractivity contribution in [1.29, 1.82) is 0 Å². The molecule has 0 spiro atoms. The number of aryl methyl sites for hydroxylation is 1. The number of hydrogen-bond donors (Lipinski definition) is 2. The van der Waals surface area contributed by atoms with Gasteiger partial charge in [0.1, 0.15) is 0 Å². The lowest BCUT2D eigenvalue weighted by Gasteiger charge is -2.27. The number of rotatable bonds is 0. The second kappa shape index (κ2) is 3.49. The molecule has 2 atom stereocenters. The molecule has 1 fully saturated rings. The van der Waals surface area contributed by atoms with Crippen LogP contribution in [0.4, 0.5) is 11.4 Å². The standard InChI is InChI=1S/C14H18N2O/c1-9-5-6-10-11(8-9)16-13(17)14(2)7-3-4-12(14)15-10/h5-6,8,12,15H,3-4,7H2,1-2H3,(H,16,17). The maximum absolute atomic E-state index is 12.3. The Morgan fingerprint density at radius 3 is 3.00 bits per heavy atom. The van der Waals surface area contributed by atoms with E-state index in [2.05, 4.69) is 29.7 Å². The van der Waals surface area contributed by atoms with Crippen LogP contribution in [0, 0.1) is 12.3 Å². The van der Waals surface area contributed by atoms with Gasteiger partial charge in [0.2, 0.25) is 5.91 Å². The highest BCUT2D eigenvalue weighted by molar-refractivity contribution is 6.00. The summed E-state index contributed by atoms with van der Waals surface area (Å²) in [6.45, 7) is 4.12. The number of nitrogens with one attached hydrogen (secondary N) is 2. The molecule has 1 amide bonds. The van der Waals surface area contributed by atoms with E-state index in [0.29, 0.717) is 0 Å². The molecule has 0 bridgehead atoms. The van der Waals surface area contributed by atoms with Crippen molar-refractivity contribution in [2.75, 3.05) is 10.6 Å². The molecule has 1 aromatic rings. The van der Waals surface area contributed by atoms with Crippen LogP contribution in [-0.2, 0) is 4.79 Å². The molecule has 3 heteroatoms. The summed E-state index contributed by atoms with van der Waals surface area (Å²) < 4.78 is 0. The van der Waals surface area contributed by atoms with Crippen LogP contribution in [0.1, 0.15) is 31.7 Å². The lowest BCUT2D eigenvalue weighted by Crippen LogP contribution is -2.41. The molecule has 2 N–H and O–H groups in total. The van der Waals surface area contributed by atoms with Gasteiger partial charge in [-0.25, -0.2) is 0 Å². The third kappa shape index (κ3) is 1.53. The Bertz CT molecular complexity index is 483. The molecule has 0 radical (unpaired) electrons. The number of amides is 1. The Hall–Kier alpha value is -1.51. The average Bonchev–Trinajstić information content (AvgIpc) is 2.61. The summed E-state index contributed by atoms with van der Waals surface area (Å²) >= 11 is 0. The quantitative estimate of drug-likeness (QED) is 0.719. The second-order valence-electron chi connectivity index (χ2n) is 5.51. The van der Waals surface area contributed by atoms with E-state index in [1.165, 1.54) is 5.56 Å². The molecule has 1 aliphatic heterocycles. The summed E-state index contributed by atoms with van der Waals surface area (Å²) in [5, 5.41) is 6.61. The second-order valence-corrected chi connectivity index (χ2v) is 5.51. The highest BCUT2D eigenvalue weighted by Crippen LogP contribution is 2.44. The van der Waals surface area contributed by atoms with Gasteiger partial charge in [-0.3, -0.25) is 4.79 Å². The molecular weight excluding hydrogens is 212 g/mol. The summed E-state index contributed by atoms with van der Waals surface area (Å²) in [6.07, 6.45) is 3.18. The molecule has 1 heterocycles. The minimum atomic E-state index is -0.257. The van der Waals surface area contributed by atoms with E-state index < -0.39 is 0 Å². The molecule has 1 saturated carbocycles. The van der Waals surface area contributed by atoms with Crippen molar-refractivity contribution in [2.24, 2.45) is 5.41 Å². The Kier molecular flexibility index (Phi) is 2.18. The SMILES string of the molecule is Cc1ccc2c(c1)NC(=O)C1(C)CCCC1N2. The number of hydrogen-bond acceptors (Lipinski definition) is 2. The molecule has 17 heavy (non-hydrogen) atoms. The fourth-order valence-electron chi connectivity index (χ4n) is 3.01. The lowest BCUT2D eigenvalue weighted by atomic mass is 9.84. The van der Waals surface area contributed by atoms with Gasteiger partial charge < -0.3 is 10.6 Å². The van der Waals surface area contributed by atoms with Crippen molar-refractivity contribution < 1.29 is 4.79 Å². The van der Waals surface area contributed by atoms with Gasteiger partial charge in [-0.05, 0) is 44.4 Å². The monoisotopic (exact) mass is 230 g/mol. The van der Waals surface area contributed by atoms with E-state index in [9.17, 15) is 4.79 Å². The lowest BCUT2D eigenvalue weighted by molar-refractivity contribution is -0.124. The molecule has 90 valence electrons. The normalized spacial score (nSPS) is 30.9. The molecule has 1 aliphatic carbocycles. The molecule has 2 unspecified atom stereocenters. The fraction of sp³-hybridized carbons (Fsp3) is 0.500. The first kappa shape index (κ1) is 10.6. The summed E-state index contributed by atoms with van der Waals surface area (Å²) in [7, 11) is 0. The van der Waals surface area contributed by atoms with Gasteiger partial charge >= 0.3 is 0 Å². The van der Waals surface area contributed by atoms with Crippen LogP contribution in [-0.4, -0.2) is 11.9 Å². The largest absolute Gasteiger partial charge is 0.380 e. The first-order valence-electron chi connectivity index (χ1n) is 6.28. The third-order valence-corrected chi connectivity index (χ3v) is 4.23. The van der Waals surface area contributed by atoms with Crippen molar-refractivity contribution in [3.63, 3.8) is 0 Å². The summed E-state index contributed by atoms with van der Waals surface area (Å²) in [4.78, 5) is 12.3. The van der Waals surface area contributed by atoms with Crippen LogP contribution in [0.15, 0.2) is 18.2 Å². The van der Waals surface area contributed by atoms with Gasteiger partial charge in [0, 0.05) is 6.04 Å². The Morgan fingerprint density at radius 2 is 2.18 bits per heavy atom. The van der Waals surface area contributed by atoms with Gasteiger partial charge in [0.05, 0.1) is 16.8 Å². The first-order valence-corrected chi connectivity index (χ1v) is 6.28. The van der Waals surface area contributed by atoms with Gasteiger partial charge in [0.15, 0.2) is 0 Å². The topological polar surface area (TPSA) is 41.1 Å². The van der Waals surface area contributed by atoms with Gasteiger partial charge in [-0.1, -0.05) is 12.5 Å². The predicted molar refractivity (Wildman–Crippen MR) is 69.2 cm³/mol. The number of carbonyl (C=O) groups excluding carboxylic acids is 1. The molecule has 0 aromatic heterocycles. The van der Waals surface area contributed by atoms with Crippen molar-refractivity contribution in [3.05, 3.63) is 23.8 Å². The zero-order valence-electron chi connectivity index (χ0n) is 10.3. The fourth-order valence-corrected chi connectivity index (χ4v) is 3.01. The van der Waals surface area contributed by atoms with E-state index in [-0.39, 0.29) is 17.4 Å². The van der Waals surface area contributed by atoms with Crippen LogP contribution in [0.2, 0.25) is 0 Å².